The molecule has 3 heterocycles. The number of hydrogen-bond acceptors (Lipinski definition) is 11. The van der Waals surface area contributed by atoms with E-state index in [1.54, 1.807) is 18.2 Å². The van der Waals surface area contributed by atoms with Crippen LogP contribution in [0.3, 0.4) is 0 Å². The molecule has 0 aliphatic carbocycles. The Morgan fingerprint density at radius 2 is 2.17 bits per heavy atom. The molecule has 0 bridgehead atoms. The number of carbonyl (C=O) groups excluding carboxylic acids is 1. The van der Waals surface area contributed by atoms with Gasteiger partial charge in [0.15, 0.2) is 17.2 Å². The van der Waals surface area contributed by atoms with Crippen molar-refractivity contribution in [2.24, 2.45) is 5.10 Å². The SMILES string of the molecule is CN(C)Cc1c(C(=O)N/N=C/c2ccc3c(c2)OCO3)nnn1-c1nonc1N. The van der Waals surface area contributed by atoms with Crippen LogP contribution in [-0.2, 0) is 6.54 Å². The van der Waals surface area contributed by atoms with E-state index in [-0.39, 0.29) is 24.1 Å². The number of hydrazone groups is 1. The quantitative estimate of drug-likeness (QED) is 0.419. The van der Waals surface area contributed by atoms with Gasteiger partial charge in [-0.1, -0.05) is 5.21 Å². The number of carbonyl (C=O) groups is 1. The molecule has 2 aromatic heterocycles. The topological polar surface area (TPSA) is 159 Å². The molecule has 3 aromatic rings. The molecule has 1 aliphatic rings. The second-order valence-corrected chi connectivity index (χ2v) is 6.32. The van der Waals surface area contributed by atoms with E-state index in [1.807, 2.05) is 19.0 Å². The lowest BCUT2D eigenvalue weighted by molar-refractivity contribution is 0.0948. The van der Waals surface area contributed by atoms with Crippen molar-refractivity contribution >= 4 is 17.9 Å². The van der Waals surface area contributed by atoms with E-state index in [1.165, 1.54) is 10.9 Å². The summed E-state index contributed by atoms with van der Waals surface area (Å²) in [6, 6.07) is 5.31. The van der Waals surface area contributed by atoms with E-state index in [0.717, 1.165) is 5.56 Å². The summed E-state index contributed by atoms with van der Waals surface area (Å²) in [6.45, 7) is 0.524. The summed E-state index contributed by atoms with van der Waals surface area (Å²) in [4.78, 5) is 14.4. The zero-order valence-corrected chi connectivity index (χ0v) is 15.6. The van der Waals surface area contributed by atoms with Crippen molar-refractivity contribution in [1.29, 1.82) is 0 Å². The fourth-order valence-corrected chi connectivity index (χ4v) is 2.64. The highest BCUT2D eigenvalue weighted by atomic mass is 16.7. The Kier molecular flexibility index (Phi) is 4.78. The van der Waals surface area contributed by atoms with Gasteiger partial charge in [-0.05, 0) is 48.2 Å². The third-order valence-electron chi connectivity index (χ3n) is 3.92. The van der Waals surface area contributed by atoms with Gasteiger partial charge in [0.2, 0.25) is 18.4 Å². The van der Waals surface area contributed by atoms with Crippen LogP contribution in [-0.4, -0.2) is 63.2 Å². The van der Waals surface area contributed by atoms with Crippen LogP contribution in [0, 0.1) is 0 Å². The largest absolute Gasteiger partial charge is 0.454 e. The third-order valence-corrected chi connectivity index (χ3v) is 3.92. The number of nitrogen functional groups attached to an aromatic ring is 1. The summed E-state index contributed by atoms with van der Waals surface area (Å²) in [7, 11) is 3.67. The Labute approximate surface area is 164 Å². The Morgan fingerprint density at radius 3 is 2.93 bits per heavy atom. The maximum Gasteiger partial charge on any atom is 0.293 e. The first-order valence-electron chi connectivity index (χ1n) is 8.43. The minimum Gasteiger partial charge on any atom is -0.454 e. The van der Waals surface area contributed by atoms with E-state index in [4.69, 9.17) is 15.2 Å². The molecule has 0 atom stereocenters. The van der Waals surface area contributed by atoms with Crippen molar-refractivity contribution < 1.29 is 18.9 Å². The number of anilines is 1. The van der Waals surface area contributed by atoms with Crippen LogP contribution in [0.2, 0.25) is 0 Å². The van der Waals surface area contributed by atoms with Crippen LogP contribution in [0.1, 0.15) is 21.7 Å². The molecule has 1 aromatic carbocycles. The number of nitrogens with zero attached hydrogens (tertiary/aromatic N) is 7. The van der Waals surface area contributed by atoms with E-state index in [9.17, 15) is 4.79 Å². The molecule has 13 heteroatoms. The van der Waals surface area contributed by atoms with Gasteiger partial charge in [0.25, 0.3) is 5.91 Å². The summed E-state index contributed by atoms with van der Waals surface area (Å²) in [5.74, 6) is 0.924. The average molecular weight is 399 g/mol. The highest BCUT2D eigenvalue weighted by Crippen LogP contribution is 2.31. The Bertz CT molecular complexity index is 1070. The molecule has 0 saturated carbocycles. The number of nitrogens with one attached hydrogen (secondary N) is 1. The predicted octanol–water partition coefficient (Wildman–Crippen LogP) is -0.213. The lowest BCUT2D eigenvalue weighted by Gasteiger charge is -2.11. The van der Waals surface area contributed by atoms with Gasteiger partial charge >= 0.3 is 0 Å². The molecule has 29 heavy (non-hydrogen) atoms. The number of amides is 1. The zero-order chi connectivity index (χ0) is 20.4. The highest BCUT2D eigenvalue weighted by Gasteiger charge is 2.24. The van der Waals surface area contributed by atoms with Crippen LogP contribution in [0.4, 0.5) is 5.82 Å². The molecule has 3 N–H and O–H groups in total. The second-order valence-electron chi connectivity index (χ2n) is 6.32. The number of rotatable bonds is 6. The molecular weight excluding hydrogens is 382 g/mol. The summed E-state index contributed by atoms with van der Waals surface area (Å²) in [5, 5.41) is 19.1. The molecule has 1 amide bonds. The van der Waals surface area contributed by atoms with E-state index in [2.05, 4.69) is 35.8 Å². The standard InChI is InChI=1S/C16H17N9O4/c1-24(2)7-10-13(19-23-25(10)15-14(17)21-29-22-15)16(26)20-18-6-9-3-4-11-12(5-9)28-8-27-11/h3-6H,7-8H2,1-2H3,(H2,17,21)(H,20,26)/b18-6+. The molecule has 0 radical (unpaired) electrons. The second kappa shape index (κ2) is 7.55. The van der Waals surface area contributed by atoms with Gasteiger partial charge in [0, 0.05) is 6.54 Å². The average Bonchev–Trinajstić information content (AvgIpc) is 3.40. The Balaban J connectivity index is 1.53. The summed E-state index contributed by atoms with van der Waals surface area (Å²) in [6.07, 6.45) is 1.48. The van der Waals surface area contributed by atoms with E-state index >= 15 is 0 Å². The molecule has 0 unspecified atom stereocenters. The van der Waals surface area contributed by atoms with Crippen molar-refractivity contribution in [3.05, 3.63) is 35.2 Å². The van der Waals surface area contributed by atoms with Crippen molar-refractivity contribution in [2.75, 3.05) is 26.6 Å². The fraction of sp³-hybridized carbons (Fsp3) is 0.250. The van der Waals surface area contributed by atoms with Gasteiger partial charge < -0.3 is 20.1 Å². The lowest BCUT2D eigenvalue weighted by Crippen LogP contribution is -2.23. The number of ether oxygens (including phenoxy) is 2. The van der Waals surface area contributed by atoms with Crippen molar-refractivity contribution in [3.8, 4) is 17.3 Å². The van der Waals surface area contributed by atoms with Gasteiger partial charge in [-0.15, -0.1) is 5.10 Å². The molecule has 150 valence electrons. The number of fused-ring (bicyclic) bond motifs is 1. The monoisotopic (exact) mass is 399 g/mol. The smallest absolute Gasteiger partial charge is 0.293 e. The van der Waals surface area contributed by atoms with Crippen molar-refractivity contribution in [2.45, 2.75) is 6.54 Å². The van der Waals surface area contributed by atoms with Gasteiger partial charge in [0.1, 0.15) is 0 Å². The summed E-state index contributed by atoms with van der Waals surface area (Å²) < 4.78 is 16.5. The lowest BCUT2D eigenvalue weighted by atomic mass is 10.2. The molecule has 4 rings (SSSR count). The predicted molar refractivity (Wildman–Crippen MR) is 98.6 cm³/mol. The molecule has 0 saturated heterocycles. The minimum atomic E-state index is -0.542. The van der Waals surface area contributed by atoms with Gasteiger partial charge in [-0.25, -0.2) is 10.1 Å². The van der Waals surface area contributed by atoms with E-state index in [0.29, 0.717) is 23.7 Å². The first kappa shape index (κ1) is 18.4. The van der Waals surface area contributed by atoms with Crippen LogP contribution in [0.25, 0.3) is 5.82 Å². The van der Waals surface area contributed by atoms with Crippen molar-refractivity contribution in [1.82, 2.24) is 35.6 Å². The maximum atomic E-state index is 12.6. The molecule has 0 spiro atoms. The van der Waals surface area contributed by atoms with E-state index < -0.39 is 5.91 Å². The summed E-state index contributed by atoms with van der Waals surface area (Å²) in [5.41, 5.74) is 9.42. The fourth-order valence-electron chi connectivity index (χ4n) is 2.64. The first-order valence-corrected chi connectivity index (χ1v) is 8.43. The number of aromatic nitrogens is 5. The van der Waals surface area contributed by atoms with Crippen molar-refractivity contribution in [3.63, 3.8) is 0 Å². The normalized spacial score (nSPS) is 12.8. The zero-order valence-electron chi connectivity index (χ0n) is 15.6. The number of nitrogens with two attached hydrogens (primary N) is 1. The van der Waals surface area contributed by atoms with Gasteiger partial charge in [-0.3, -0.25) is 4.79 Å². The molecular formula is C16H17N9O4. The van der Waals surface area contributed by atoms with Crippen LogP contribution >= 0.6 is 0 Å². The van der Waals surface area contributed by atoms with Crippen LogP contribution in [0.5, 0.6) is 11.5 Å². The molecule has 0 fully saturated rings. The van der Waals surface area contributed by atoms with Gasteiger partial charge in [0.05, 0.1) is 11.9 Å². The first-order chi connectivity index (χ1) is 14.0. The highest BCUT2D eigenvalue weighted by molar-refractivity contribution is 5.94. The van der Waals surface area contributed by atoms with Crippen LogP contribution in [0.15, 0.2) is 27.9 Å². The van der Waals surface area contributed by atoms with Crippen LogP contribution < -0.4 is 20.6 Å². The number of benzene rings is 1. The minimum absolute atomic E-state index is 0.0303. The Hall–Kier alpha value is -4.00. The van der Waals surface area contributed by atoms with Gasteiger partial charge in [-0.2, -0.15) is 9.78 Å². The Morgan fingerprint density at radius 1 is 1.34 bits per heavy atom. The molecule has 13 nitrogen and oxygen atoms in total. The summed E-state index contributed by atoms with van der Waals surface area (Å²) >= 11 is 0. The third kappa shape index (κ3) is 3.70. The maximum absolute atomic E-state index is 12.6. The number of hydrogen-bond donors (Lipinski definition) is 2. The molecule has 1 aliphatic heterocycles.